The molecule has 0 saturated heterocycles. The van der Waals surface area contributed by atoms with Gasteiger partial charge in [0.1, 0.15) is 5.69 Å². The van der Waals surface area contributed by atoms with Crippen LogP contribution in [0, 0.1) is 18.8 Å². The van der Waals surface area contributed by atoms with Gasteiger partial charge in [-0.05, 0) is 55.5 Å². The van der Waals surface area contributed by atoms with E-state index in [4.69, 9.17) is 0 Å². The van der Waals surface area contributed by atoms with Crippen molar-refractivity contribution in [2.24, 2.45) is 11.8 Å². The summed E-state index contributed by atoms with van der Waals surface area (Å²) in [5.41, 5.74) is 0.772. The third-order valence-electron chi connectivity index (χ3n) is 6.59. The standard InChI is InChI=1S/C29H39F3N4O2/c1-20(2)17-27(37)36-14-8-13-34(18-21(3)4)15-16-35(19-23-9-6-7-10-25(23)36)28(38)24-11-12-26(29(30,31)32)33-22(24)5/h6-7,9-12,20-21H,8,13-19H2,1-5H3. The Morgan fingerprint density at radius 3 is 2.29 bits per heavy atom. The summed E-state index contributed by atoms with van der Waals surface area (Å²) in [6.45, 7) is 13.2. The number of para-hydroxylation sites is 1. The van der Waals surface area contributed by atoms with Crippen LogP contribution in [-0.2, 0) is 17.5 Å². The van der Waals surface area contributed by atoms with Crippen molar-refractivity contribution in [2.45, 2.75) is 60.2 Å². The molecule has 0 spiro atoms. The number of nitrogens with zero attached hydrogens (tertiary/aromatic N) is 4. The van der Waals surface area contributed by atoms with Crippen molar-refractivity contribution < 1.29 is 22.8 Å². The van der Waals surface area contributed by atoms with Gasteiger partial charge in [0, 0.05) is 44.8 Å². The number of halogens is 3. The number of aromatic nitrogens is 1. The van der Waals surface area contributed by atoms with Crippen molar-refractivity contribution in [3.63, 3.8) is 0 Å². The smallest absolute Gasteiger partial charge is 0.333 e. The molecule has 6 nitrogen and oxygen atoms in total. The van der Waals surface area contributed by atoms with Gasteiger partial charge in [-0.3, -0.25) is 9.59 Å². The van der Waals surface area contributed by atoms with Gasteiger partial charge in [-0.15, -0.1) is 0 Å². The van der Waals surface area contributed by atoms with E-state index in [1.807, 2.05) is 43.0 Å². The number of fused-ring (bicyclic) bond motifs is 1. The summed E-state index contributed by atoms with van der Waals surface area (Å²) in [4.78, 5) is 36.5. The third-order valence-corrected chi connectivity index (χ3v) is 6.59. The Morgan fingerprint density at radius 2 is 1.66 bits per heavy atom. The van der Waals surface area contributed by atoms with E-state index in [0.29, 0.717) is 32.0 Å². The Hall–Kier alpha value is -2.94. The zero-order valence-corrected chi connectivity index (χ0v) is 23.0. The monoisotopic (exact) mass is 532 g/mol. The van der Waals surface area contributed by atoms with Gasteiger partial charge in [-0.1, -0.05) is 45.9 Å². The molecular formula is C29H39F3N4O2. The van der Waals surface area contributed by atoms with E-state index in [9.17, 15) is 22.8 Å². The molecule has 3 rings (SSSR count). The lowest BCUT2D eigenvalue weighted by atomic mass is 10.1. The number of hydrogen-bond donors (Lipinski definition) is 0. The molecule has 1 aromatic carbocycles. The van der Waals surface area contributed by atoms with Crippen LogP contribution in [0.25, 0.3) is 0 Å². The van der Waals surface area contributed by atoms with Crippen LogP contribution in [0.1, 0.15) is 67.8 Å². The summed E-state index contributed by atoms with van der Waals surface area (Å²) >= 11 is 0. The number of carbonyl (C=O) groups excluding carboxylic acids is 2. The van der Waals surface area contributed by atoms with Gasteiger partial charge in [0.15, 0.2) is 0 Å². The SMILES string of the molecule is Cc1nc(C(F)(F)F)ccc1C(=O)N1CCN(CC(C)C)CCCN(C(=O)CC(C)C)c2ccccc2C1. The fourth-order valence-corrected chi connectivity index (χ4v) is 4.85. The van der Waals surface area contributed by atoms with Crippen LogP contribution in [0.15, 0.2) is 36.4 Å². The highest BCUT2D eigenvalue weighted by atomic mass is 19.4. The largest absolute Gasteiger partial charge is 0.433 e. The maximum Gasteiger partial charge on any atom is 0.433 e. The zero-order chi connectivity index (χ0) is 28.0. The second-order valence-electron chi connectivity index (χ2n) is 10.9. The molecule has 0 aliphatic carbocycles. The van der Waals surface area contributed by atoms with E-state index in [1.165, 1.54) is 13.0 Å². The molecule has 38 heavy (non-hydrogen) atoms. The fourth-order valence-electron chi connectivity index (χ4n) is 4.85. The second kappa shape index (κ2) is 12.7. The van der Waals surface area contributed by atoms with Crippen LogP contribution in [0.4, 0.5) is 18.9 Å². The topological polar surface area (TPSA) is 56.8 Å². The Balaban J connectivity index is 2.01. The molecule has 2 heterocycles. The third kappa shape index (κ3) is 7.79. The normalized spacial score (nSPS) is 15.9. The zero-order valence-electron chi connectivity index (χ0n) is 23.0. The van der Waals surface area contributed by atoms with E-state index in [0.717, 1.165) is 36.8 Å². The summed E-state index contributed by atoms with van der Waals surface area (Å²) in [5, 5.41) is 0. The number of rotatable bonds is 5. The molecule has 0 bridgehead atoms. The fraction of sp³-hybridized carbons (Fsp3) is 0.552. The Bertz CT molecular complexity index is 1120. The first-order valence-corrected chi connectivity index (χ1v) is 13.3. The number of pyridine rings is 1. The molecule has 1 aliphatic rings. The van der Waals surface area contributed by atoms with Crippen molar-refractivity contribution in [3.8, 4) is 0 Å². The number of alkyl halides is 3. The number of benzene rings is 1. The molecule has 9 heteroatoms. The van der Waals surface area contributed by atoms with Gasteiger partial charge in [-0.25, -0.2) is 4.98 Å². The van der Waals surface area contributed by atoms with Crippen LogP contribution in [0.3, 0.4) is 0 Å². The lowest BCUT2D eigenvalue weighted by Gasteiger charge is -2.29. The molecule has 1 aliphatic heterocycles. The molecule has 0 atom stereocenters. The van der Waals surface area contributed by atoms with Gasteiger partial charge in [0.05, 0.1) is 11.3 Å². The minimum Gasteiger partial charge on any atom is -0.333 e. The minimum atomic E-state index is -4.58. The van der Waals surface area contributed by atoms with E-state index >= 15 is 0 Å². The first-order chi connectivity index (χ1) is 17.9. The van der Waals surface area contributed by atoms with Crippen LogP contribution in [-0.4, -0.2) is 59.3 Å². The minimum absolute atomic E-state index is 0.0419. The molecule has 2 amide bonds. The number of aryl methyl sites for hydroxylation is 1. The van der Waals surface area contributed by atoms with Gasteiger partial charge in [0.2, 0.25) is 5.91 Å². The molecule has 0 fully saturated rings. The summed E-state index contributed by atoms with van der Waals surface area (Å²) in [6, 6.07) is 9.65. The number of hydrogen-bond acceptors (Lipinski definition) is 4. The predicted molar refractivity (Wildman–Crippen MR) is 143 cm³/mol. The van der Waals surface area contributed by atoms with Gasteiger partial charge in [0.25, 0.3) is 5.91 Å². The van der Waals surface area contributed by atoms with E-state index < -0.39 is 11.9 Å². The van der Waals surface area contributed by atoms with Crippen LogP contribution in [0.5, 0.6) is 0 Å². The number of anilines is 1. The van der Waals surface area contributed by atoms with E-state index in [2.05, 4.69) is 23.7 Å². The maximum absolute atomic E-state index is 13.7. The van der Waals surface area contributed by atoms with E-state index in [-0.39, 0.29) is 35.5 Å². The highest BCUT2D eigenvalue weighted by molar-refractivity contribution is 5.96. The molecule has 1 aromatic heterocycles. The van der Waals surface area contributed by atoms with Crippen molar-refractivity contribution in [1.29, 1.82) is 0 Å². The highest BCUT2D eigenvalue weighted by Crippen LogP contribution is 2.29. The van der Waals surface area contributed by atoms with Crippen LogP contribution in [0.2, 0.25) is 0 Å². The van der Waals surface area contributed by atoms with Crippen molar-refractivity contribution in [3.05, 3.63) is 58.9 Å². The Labute approximate surface area is 223 Å². The summed E-state index contributed by atoms with van der Waals surface area (Å²) in [5.74, 6) is 0.296. The van der Waals surface area contributed by atoms with E-state index in [1.54, 1.807) is 4.90 Å². The quantitative estimate of drug-likeness (QED) is 0.489. The van der Waals surface area contributed by atoms with Gasteiger partial charge < -0.3 is 14.7 Å². The molecule has 2 aromatic rings. The molecular weight excluding hydrogens is 493 g/mol. The molecule has 208 valence electrons. The van der Waals surface area contributed by atoms with Crippen LogP contribution >= 0.6 is 0 Å². The summed E-state index contributed by atoms with van der Waals surface area (Å²) in [6.07, 6.45) is -3.37. The lowest BCUT2D eigenvalue weighted by molar-refractivity contribution is -0.141. The Kier molecular flexibility index (Phi) is 9.93. The molecule has 0 radical (unpaired) electrons. The second-order valence-corrected chi connectivity index (χ2v) is 10.9. The average molecular weight is 533 g/mol. The first-order valence-electron chi connectivity index (χ1n) is 13.3. The van der Waals surface area contributed by atoms with Crippen LogP contribution < -0.4 is 4.90 Å². The number of amides is 2. The van der Waals surface area contributed by atoms with Crippen molar-refractivity contribution in [2.75, 3.05) is 37.6 Å². The Morgan fingerprint density at radius 1 is 0.947 bits per heavy atom. The van der Waals surface area contributed by atoms with Crippen molar-refractivity contribution >= 4 is 17.5 Å². The molecule has 0 N–H and O–H groups in total. The lowest BCUT2D eigenvalue weighted by Crippen LogP contribution is -2.40. The average Bonchev–Trinajstić information content (AvgIpc) is 2.85. The number of carbonyl (C=O) groups is 2. The summed E-state index contributed by atoms with van der Waals surface area (Å²) < 4.78 is 39.5. The van der Waals surface area contributed by atoms with Crippen molar-refractivity contribution in [1.82, 2.24) is 14.8 Å². The van der Waals surface area contributed by atoms with Gasteiger partial charge >= 0.3 is 6.18 Å². The van der Waals surface area contributed by atoms with Gasteiger partial charge in [-0.2, -0.15) is 13.2 Å². The molecule has 0 saturated carbocycles. The molecule has 0 unspecified atom stereocenters. The highest BCUT2D eigenvalue weighted by Gasteiger charge is 2.33. The summed E-state index contributed by atoms with van der Waals surface area (Å²) in [7, 11) is 0. The maximum atomic E-state index is 13.7. The first kappa shape index (κ1) is 29.6. The predicted octanol–water partition coefficient (Wildman–Crippen LogP) is 5.79.